The number of hydrogen-bond donors (Lipinski definition) is 3. The molecule has 1 saturated heterocycles. The maximum absolute atomic E-state index is 13.2. The van der Waals surface area contributed by atoms with Crippen LogP contribution in [0.1, 0.15) is 64.9 Å². The predicted octanol–water partition coefficient (Wildman–Crippen LogP) is 2.68. The number of ketones is 1. The van der Waals surface area contributed by atoms with Gasteiger partial charge in [0.1, 0.15) is 12.1 Å². The normalized spacial score (nSPS) is 18.9. The van der Waals surface area contributed by atoms with Crippen molar-refractivity contribution in [1.82, 2.24) is 16.0 Å². The number of benzene rings is 1. The number of carbonyl (C=O) groups is 4. The van der Waals surface area contributed by atoms with Crippen molar-refractivity contribution in [3.05, 3.63) is 35.9 Å². The molecule has 200 valence electrons. The summed E-state index contributed by atoms with van der Waals surface area (Å²) in [6.45, 7) is 5.93. The van der Waals surface area contributed by atoms with Gasteiger partial charge in [-0.1, -0.05) is 61.4 Å². The van der Waals surface area contributed by atoms with E-state index < -0.39 is 39.5 Å². The van der Waals surface area contributed by atoms with E-state index in [1.54, 1.807) is 6.92 Å². The highest BCUT2D eigenvalue weighted by atomic mass is 33.1. The second kappa shape index (κ2) is 15.8. The Hall–Kier alpha value is -2.20. The van der Waals surface area contributed by atoms with E-state index in [1.165, 1.54) is 10.8 Å². The summed E-state index contributed by atoms with van der Waals surface area (Å²) in [5.74, 6) is -1.11. The van der Waals surface area contributed by atoms with Crippen molar-refractivity contribution < 1.29 is 23.4 Å². The summed E-state index contributed by atoms with van der Waals surface area (Å²) in [7, 11) is 0.678. The summed E-state index contributed by atoms with van der Waals surface area (Å²) in [6.07, 6.45) is 4.12. The number of hydrogen-bond acceptors (Lipinski definition) is 6. The SMILES string of the molecule is CCNC(=O)C(=O)[C@H](Cc1ccccc1)NC(=O)[C@H](CC(C)C)NC(=O)CCCCC1CCSS1=O. The lowest BCUT2D eigenvalue weighted by Gasteiger charge is -2.24. The average molecular weight is 538 g/mol. The highest BCUT2D eigenvalue weighted by Crippen LogP contribution is 2.29. The Morgan fingerprint density at radius 1 is 1.06 bits per heavy atom. The molecule has 1 aromatic carbocycles. The van der Waals surface area contributed by atoms with Crippen LogP contribution in [0.25, 0.3) is 0 Å². The minimum Gasteiger partial charge on any atom is -0.350 e. The van der Waals surface area contributed by atoms with Crippen molar-refractivity contribution in [2.24, 2.45) is 5.92 Å². The molecule has 3 N–H and O–H groups in total. The molecule has 1 aliphatic rings. The van der Waals surface area contributed by atoms with Gasteiger partial charge in [-0.15, -0.1) is 0 Å². The maximum atomic E-state index is 13.2. The van der Waals surface area contributed by atoms with Gasteiger partial charge in [-0.25, -0.2) is 4.21 Å². The molecular formula is C26H39N3O5S2. The van der Waals surface area contributed by atoms with Crippen molar-refractivity contribution in [2.45, 2.75) is 83.1 Å². The fourth-order valence-corrected chi connectivity index (χ4v) is 7.55. The molecule has 0 aliphatic carbocycles. The standard InChI is InChI=1S/C26H39N3O5S2/c1-4-27-26(33)24(31)21(17-19-10-6-5-7-11-19)29-25(32)22(16-18(2)3)28-23(30)13-9-8-12-20-14-15-35-36(20)34/h5-7,10-11,18,20-22H,4,8-9,12-17H2,1-3H3,(H,27,33)(H,28,30)(H,29,32)/t20?,21-,22-,36?/m0/s1. The second-order valence-electron chi connectivity index (χ2n) is 9.46. The lowest BCUT2D eigenvalue weighted by atomic mass is 9.99. The van der Waals surface area contributed by atoms with E-state index in [2.05, 4.69) is 16.0 Å². The second-order valence-corrected chi connectivity index (χ2v) is 13.0. The molecule has 1 heterocycles. The van der Waals surface area contributed by atoms with Crippen LogP contribution in [-0.4, -0.2) is 57.3 Å². The Balaban J connectivity index is 1.98. The summed E-state index contributed by atoms with van der Waals surface area (Å²) in [5.41, 5.74) is 0.812. The quantitative estimate of drug-likeness (QED) is 0.180. The lowest BCUT2D eigenvalue weighted by molar-refractivity contribution is -0.140. The van der Waals surface area contributed by atoms with Gasteiger partial charge in [0.05, 0.1) is 9.83 Å². The van der Waals surface area contributed by atoms with Crippen molar-refractivity contribution >= 4 is 44.1 Å². The molecule has 0 saturated carbocycles. The Kier molecular flexibility index (Phi) is 13.2. The Bertz CT molecular complexity index is 910. The number of Topliss-reactive ketones (excluding diaryl/α,β-unsaturated/α-hetero) is 1. The topological polar surface area (TPSA) is 121 Å². The molecule has 36 heavy (non-hydrogen) atoms. The van der Waals surface area contributed by atoms with Crippen LogP contribution in [0.15, 0.2) is 30.3 Å². The highest BCUT2D eigenvalue weighted by Gasteiger charge is 2.30. The average Bonchev–Trinajstić information content (AvgIpc) is 3.25. The van der Waals surface area contributed by atoms with Gasteiger partial charge < -0.3 is 16.0 Å². The summed E-state index contributed by atoms with van der Waals surface area (Å²) in [4.78, 5) is 50.9. The molecule has 2 unspecified atom stereocenters. The zero-order chi connectivity index (χ0) is 26.5. The van der Waals surface area contributed by atoms with Gasteiger partial charge >= 0.3 is 0 Å². The molecule has 3 amide bonds. The molecular weight excluding hydrogens is 498 g/mol. The minimum atomic E-state index is -1.04. The van der Waals surface area contributed by atoms with E-state index in [9.17, 15) is 23.4 Å². The number of unbranched alkanes of at least 4 members (excludes halogenated alkanes) is 1. The molecule has 0 radical (unpaired) electrons. The molecule has 1 aliphatic heterocycles. The molecule has 1 aromatic rings. The van der Waals surface area contributed by atoms with Gasteiger partial charge in [-0.3, -0.25) is 19.2 Å². The van der Waals surface area contributed by atoms with Crippen molar-refractivity contribution in [3.63, 3.8) is 0 Å². The third kappa shape index (κ3) is 10.4. The van der Waals surface area contributed by atoms with Gasteiger partial charge in [0.15, 0.2) is 0 Å². The van der Waals surface area contributed by atoms with Gasteiger partial charge in [-0.2, -0.15) is 0 Å². The van der Waals surface area contributed by atoms with E-state index in [4.69, 9.17) is 0 Å². The van der Waals surface area contributed by atoms with Crippen LogP contribution >= 0.6 is 10.8 Å². The highest BCUT2D eigenvalue weighted by molar-refractivity contribution is 8.69. The molecule has 0 bridgehead atoms. The monoisotopic (exact) mass is 537 g/mol. The van der Waals surface area contributed by atoms with Gasteiger partial charge in [0, 0.05) is 30.4 Å². The van der Waals surface area contributed by atoms with Crippen LogP contribution in [0.4, 0.5) is 0 Å². The molecule has 1 fully saturated rings. The van der Waals surface area contributed by atoms with Crippen LogP contribution in [0.3, 0.4) is 0 Å². The first-order valence-electron chi connectivity index (χ1n) is 12.7. The summed E-state index contributed by atoms with van der Waals surface area (Å²) >= 11 is 0. The van der Waals surface area contributed by atoms with E-state index in [1.807, 2.05) is 44.2 Å². The zero-order valence-electron chi connectivity index (χ0n) is 21.4. The lowest BCUT2D eigenvalue weighted by Crippen LogP contribution is -2.54. The summed E-state index contributed by atoms with van der Waals surface area (Å²) in [5, 5.41) is 8.26. The number of nitrogens with one attached hydrogen (secondary N) is 3. The van der Waals surface area contributed by atoms with Crippen molar-refractivity contribution in [3.8, 4) is 0 Å². The maximum Gasteiger partial charge on any atom is 0.289 e. The first-order valence-corrected chi connectivity index (χ1v) is 15.4. The number of carbonyl (C=O) groups excluding carboxylic acids is 4. The van der Waals surface area contributed by atoms with E-state index >= 15 is 0 Å². The summed E-state index contributed by atoms with van der Waals surface area (Å²) < 4.78 is 11.9. The van der Waals surface area contributed by atoms with Crippen LogP contribution in [0, 0.1) is 5.92 Å². The van der Waals surface area contributed by atoms with Crippen LogP contribution < -0.4 is 16.0 Å². The van der Waals surface area contributed by atoms with Crippen LogP contribution in [0.5, 0.6) is 0 Å². The molecule has 2 rings (SSSR count). The van der Waals surface area contributed by atoms with E-state index in [0.29, 0.717) is 19.4 Å². The molecule has 8 nitrogen and oxygen atoms in total. The summed E-state index contributed by atoms with van der Waals surface area (Å²) in [6, 6.07) is 7.32. The Morgan fingerprint density at radius 3 is 2.39 bits per heavy atom. The third-order valence-electron chi connectivity index (χ3n) is 5.93. The Morgan fingerprint density at radius 2 is 1.78 bits per heavy atom. The van der Waals surface area contributed by atoms with Crippen molar-refractivity contribution in [2.75, 3.05) is 12.3 Å². The largest absolute Gasteiger partial charge is 0.350 e. The fraction of sp³-hybridized carbons (Fsp3) is 0.615. The fourth-order valence-electron chi connectivity index (χ4n) is 4.06. The molecule has 10 heteroatoms. The van der Waals surface area contributed by atoms with E-state index in [-0.39, 0.29) is 29.9 Å². The van der Waals surface area contributed by atoms with Crippen molar-refractivity contribution in [1.29, 1.82) is 0 Å². The van der Waals surface area contributed by atoms with E-state index in [0.717, 1.165) is 30.6 Å². The van der Waals surface area contributed by atoms with Crippen LogP contribution in [0.2, 0.25) is 0 Å². The Labute approximate surface area is 220 Å². The third-order valence-corrected chi connectivity index (χ3v) is 9.59. The molecule has 0 spiro atoms. The smallest absolute Gasteiger partial charge is 0.289 e. The van der Waals surface area contributed by atoms with Crippen LogP contribution in [-0.2, 0) is 35.4 Å². The molecule has 0 aromatic heterocycles. The van der Waals surface area contributed by atoms with Gasteiger partial charge in [-0.05, 0) is 44.1 Å². The predicted molar refractivity (Wildman–Crippen MR) is 145 cm³/mol. The number of likely N-dealkylation sites (N-methyl/N-ethyl adjacent to an activating group) is 1. The number of amides is 3. The van der Waals surface area contributed by atoms with Gasteiger partial charge in [0.2, 0.25) is 17.6 Å². The first-order chi connectivity index (χ1) is 17.2. The minimum absolute atomic E-state index is 0.127. The first kappa shape index (κ1) is 30.0. The zero-order valence-corrected chi connectivity index (χ0v) is 23.1. The van der Waals surface area contributed by atoms with Gasteiger partial charge in [0.25, 0.3) is 5.91 Å². The number of rotatable bonds is 15. The molecule has 4 atom stereocenters.